The maximum Gasteiger partial charge on any atom is 0.149 e. The first kappa shape index (κ1) is 23.6. The number of likely N-dealkylation sites (tertiary alicyclic amines) is 1. The highest BCUT2D eigenvalue weighted by Crippen LogP contribution is 2.35. The lowest BCUT2D eigenvalue weighted by molar-refractivity contribution is 0.151. The van der Waals surface area contributed by atoms with Gasteiger partial charge in [0.25, 0.3) is 0 Å². The van der Waals surface area contributed by atoms with Crippen LogP contribution < -0.4 is 5.73 Å². The van der Waals surface area contributed by atoms with Gasteiger partial charge in [-0.1, -0.05) is 48.5 Å². The normalized spacial score (nSPS) is 23.1. The first-order chi connectivity index (χ1) is 18.2. The number of benzene rings is 2. The first-order valence-corrected chi connectivity index (χ1v) is 13.3. The van der Waals surface area contributed by atoms with Crippen molar-refractivity contribution < 1.29 is 0 Å². The molecule has 6 nitrogen and oxygen atoms in total. The van der Waals surface area contributed by atoms with Crippen molar-refractivity contribution in [2.45, 2.75) is 25.7 Å². The van der Waals surface area contributed by atoms with Gasteiger partial charge in [-0.2, -0.15) is 0 Å². The van der Waals surface area contributed by atoms with Crippen LogP contribution in [0.3, 0.4) is 0 Å². The number of nitrogens with two attached hydrogens (primary N) is 1. The average Bonchev–Trinajstić information content (AvgIpc) is 3.35. The van der Waals surface area contributed by atoms with E-state index in [1.807, 2.05) is 24.4 Å². The van der Waals surface area contributed by atoms with Crippen LogP contribution in [0.15, 0.2) is 88.7 Å². The molecule has 188 valence electrons. The third-order valence-corrected chi connectivity index (χ3v) is 7.98. The Morgan fingerprint density at radius 1 is 1.00 bits per heavy atom. The second kappa shape index (κ2) is 10.3. The van der Waals surface area contributed by atoms with Crippen LogP contribution in [0, 0.1) is 11.8 Å². The second-order valence-corrected chi connectivity index (χ2v) is 10.5. The third kappa shape index (κ3) is 4.94. The summed E-state index contributed by atoms with van der Waals surface area (Å²) in [6.45, 7) is 8.65. The van der Waals surface area contributed by atoms with E-state index in [4.69, 9.17) is 10.7 Å². The number of pyridine rings is 1. The van der Waals surface area contributed by atoms with E-state index in [-0.39, 0.29) is 0 Å². The summed E-state index contributed by atoms with van der Waals surface area (Å²) >= 11 is 0. The van der Waals surface area contributed by atoms with E-state index < -0.39 is 0 Å². The molecule has 3 heterocycles. The Balaban J connectivity index is 1.29. The van der Waals surface area contributed by atoms with Crippen LogP contribution in [0.2, 0.25) is 0 Å². The van der Waals surface area contributed by atoms with Crippen molar-refractivity contribution in [3.05, 3.63) is 84.3 Å². The van der Waals surface area contributed by atoms with Crippen LogP contribution in [0.4, 0.5) is 0 Å². The van der Waals surface area contributed by atoms with Crippen LogP contribution in [-0.4, -0.2) is 53.5 Å². The molecule has 2 atom stereocenters. The standard InChI is InChI=1S/C31H34N6/c1-33-29(26-11-10-25-12-13-27(35-28(25)19-26)24-6-3-2-4-7-24)30-31(32)34-14-17-37(30)21-23-9-8-22(18-23)20-36-15-5-16-36/h2-4,6-7,10-14,17,19,22-23H,1,5,8-9,15-16,18,20-21H2,(H2,32,34)/b30-29-. The van der Waals surface area contributed by atoms with E-state index in [1.165, 1.54) is 45.3 Å². The fraction of sp³-hybridized carbons (Fsp3) is 0.323. The van der Waals surface area contributed by atoms with Gasteiger partial charge < -0.3 is 15.5 Å². The summed E-state index contributed by atoms with van der Waals surface area (Å²) in [6, 6.07) is 20.7. The molecule has 0 radical (unpaired) electrons. The molecule has 2 unspecified atom stereocenters. The molecule has 6 heteroatoms. The molecule has 1 saturated heterocycles. The van der Waals surface area contributed by atoms with Gasteiger partial charge in [-0.3, -0.25) is 4.99 Å². The van der Waals surface area contributed by atoms with E-state index in [0.717, 1.165) is 51.6 Å². The van der Waals surface area contributed by atoms with Crippen molar-refractivity contribution in [3.8, 4) is 11.3 Å². The highest BCUT2D eigenvalue weighted by atomic mass is 15.2. The number of amidine groups is 1. The fourth-order valence-electron chi connectivity index (χ4n) is 5.94. The lowest BCUT2D eigenvalue weighted by atomic mass is 10.0. The summed E-state index contributed by atoms with van der Waals surface area (Å²) < 4.78 is 0. The Kier molecular flexibility index (Phi) is 6.58. The molecule has 1 aliphatic carbocycles. The van der Waals surface area contributed by atoms with Crippen molar-refractivity contribution in [1.29, 1.82) is 0 Å². The SMILES string of the molecule is C=N/C(=C1/C(N)=NC=CN1CC1CCC(CN2CCC2)C1)c1ccc2ccc(-c3ccccc3)nc2c1. The number of rotatable bonds is 7. The number of fused-ring (bicyclic) bond motifs is 1. The molecule has 6 rings (SSSR count). The van der Waals surface area contributed by atoms with E-state index in [0.29, 0.717) is 11.8 Å². The Morgan fingerprint density at radius 3 is 2.54 bits per heavy atom. The smallest absolute Gasteiger partial charge is 0.149 e. The van der Waals surface area contributed by atoms with E-state index >= 15 is 0 Å². The highest BCUT2D eigenvalue weighted by molar-refractivity contribution is 6.05. The predicted octanol–water partition coefficient (Wildman–Crippen LogP) is 5.54. The molecular formula is C31H34N6. The van der Waals surface area contributed by atoms with Gasteiger partial charge >= 0.3 is 0 Å². The minimum Gasteiger partial charge on any atom is -0.382 e. The van der Waals surface area contributed by atoms with Gasteiger partial charge in [0.2, 0.25) is 0 Å². The third-order valence-electron chi connectivity index (χ3n) is 7.98. The number of aliphatic imine (C=N–C) groups is 2. The summed E-state index contributed by atoms with van der Waals surface area (Å²) in [7, 11) is 0. The summed E-state index contributed by atoms with van der Waals surface area (Å²) in [5, 5.41) is 1.08. The monoisotopic (exact) mass is 490 g/mol. The van der Waals surface area contributed by atoms with Crippen LogP contribution >= 0.6 is 0 Å². The van der Waals surface area contributed by atoms with Gasteiger partial charge in [0.1, 0.15) is 11.5 Å². The second-order valence-electron chi connectivity index (χ2n) is 10.5. The van der Waals surface area contributed by atoms with Crippen molar-refractivity contribution in [3.63, 3.8) is 0 Å². The number of aromatic nitrogens is 1. The fourth-order valence-corrected chi connectivity index (χ4v) is 5.94. The van der Waals surface area contributed by atoms with Crippen molar-refractivity contribution >= 4 is 29.2 Å². The molecule has 3 aromatic rings. The molecule has 1 saturated carbocycles. The molecule has 2 fully saturated rings. The number of hydrogen-bond donors (Lipinski definition) is 1. The minimum absolute atomic E-state index is 0.478. The van der Waals surface area contributed by atoms with E-state index in [2.05, 4.69) is 69.0 Å². The molecule has 1 aromatic heterocycles. The van der Waals surface area contributed by atoms with Gasteiger partial charge in [0.05, 0.1) is 16.9 Å². The van der Waals surface area contributed by atoms with Gasteiger partial charge in [-0.15, -0.1) is 0 Å². The van der Waals surface area contributed by atoms with Crippen LogP contribution in [0.5, 0.6) is 0 Å². The Labute approximate surface area is 218 Å². The average molecular weight is 491 g/mol. The van der Waals surface area contributed by atoms with Crippen molar-refractivity contribution in [1.82, 2.24) is 14.8 Å². The first-order valence-electron chi connectivity index (χ1n) is 13.3. The predicted molar refractivity (Wildman–Crippen MR) is 153 cm³/mol. The van der Waals surface area contributed by atoms with Gasteiger partial charge in [0, 0.05) is 42.0 Å². The Bertz CT molecular complexity index is 1390. The molecule has 37 heavy (non-hydrogen) atoms. The molecule has 2 N–H and O–H groups in total. The lowest BCUT2D eigenvalue weighted by Gasteiger charge is -2.33. The zero-order valence-electron chi connectivity index (χ0n) is 21.3. The van der Waals surface area contributed by atoms with E-state index in [9.17, 15) is 0 Å². The van der Waals surface area contributed by atoms with Gasteiger partial charge in [-0.05, 0) is 69.5 Å². The minimum atomic E-state index is 0.478. The van der Waals surface area contributed by atoms with Gasteiger partial charge in [0.15, 0.2) is 0 Å². The molecule has 0 amide bonds. The highest BCUT2D eigenvalue weighted by Gasteiger charge is 2.30. The molecule has 0 bridgehead atoms. The summed E-state index contributed by atoms with van der Waals surface area (Å²) in [5.74, 6) is 1.92. The van der Waals surface area contributed by atoms with Crippen LogP contribution in [-0.2, 0) is 0 Å². The topological polar surface area (TPSA) is 70.1 Å². The summed E-state index contributed by atoms with van der Waals surface area (Å²) in [4.78, 5) is 18.7. The lowest BCUT2D eigenvalue weighted by Crippen LogP contribution is -2.40. The Hall–Kier alpha value is -3.77. The zero-order chi connectivity index (χ0) is 25.2. The van der Waals surface area contributed by atoms with Crippen molar-refractivity contribution in [2.75, 3.05) is 26.2 Å². The number of hydrogen-bond acceptors (Lipinski definition) is 6. The summed E-state index contributed by atoms with van der Waals surface area (Å²) in [6.07, 6.45) is 9.02. The summed E-state index contributed by atoms with van der Waals surface area (Å²) in [5.41, 5.74) is 12.0. The van der Waals surface area contributed by atoms with Crippen LogP contribution in [0.25, 0.3) is 27.9 Å². The van der Waals surface area contributed by atoms with E-state index in [1.54, 1.807) is 6.20 Å². The number of nitrogens with zero attached hydrogens (tertiary/aromatic N) is 5. The van der Waals surface area contributed by atoms with Gasteiger partial charge in [-0.25, -0.2) is 9.98 Å². The molecular weight excluding hydrogens is 456 g/mol. The maximum atomic E-state index is 6.48. The maximum absolute atomic E-state index is 6.48. The molecule has 0 spiro atoms. The quantitative estimate of drug-likeness (QED) is 0.442. The van der Waals surface area contributed by atoms with Crippen molar-refractivity contribution in [2.24, 2.45) is 27.6 Å². The van der Waals surface area contributed by atoms with Crippen LogP contribution in [0.1, 0.15) is 31.2 Å². The molecule has 3 aliphatic rings. The zero-order valence-corrected chi connectivity index (χ0v) is 21.3. The molecule has 2 aromatic carbocycles. The largest absolute Gasteiger partial charge is 0.382 e. The Morgan fingerprint density at radius 2 is 1.78 bits per heavy atom. The molecule has 2 aliphatic heterocycles.